The van der Waals surface area contributed by atoms with Gasteiger partial charge in [0, 0.05) is 29.7 Å². The summed E-state index contributed by atoms with van der Waals surface area (Å²) < 4.78 is 36.7. The van der Waals surface area contributed by atoms with Crippen molar-refractivity contribution in [1.29, 1.82) is 0 Å². The summed E-state index contributed by atoms with van der Waals surface area (Å²) in [6.07, 6.45) is 6.31. The number of nitrogens with one attached hydrogen (secondary N) is 1. The molecule has 0 bridgehead atoms. The molecule has 35 heavy (non-hydrogen) atoms. The molecule has 0 aliphatic heterocycles. The lowest BCUT2D eigenvalue weighted by molar-refractivity contribution is 0.400. The summed E-state index contributed by atoms with van der Waals surface area (Å²) in [4.78, 5) is 21.8. The molecule has 0 aliphatic carbocycles. The van der Waals surface area contributed by atoms with Gasteiger partial charge in [-0.2, -0.15) is 5.10 Å². The van der Waals surface area contributed by atoms with E-state index in [4.69, 9.17) is 16.3 Å². The second-order valence-electron chi connectivity index (χ2n) is 7.44. The Morgan fingerprint density at radius 3 is 2.60 bits per heavy atom. The van der Waals surface area contributed by atoms with E-state index < -0.39 is 10.0 Å². The molecule has 0 fully saturated rings. The summed E-state index contributed by atoms with van der Waals surface area (Å²) in [5.41, 5.74) is 2.52. The minimum atomic E-state index is -3.91. The maximum atomic E-state index is 13.2. The highest BCUT2D eigenvalue weighted by molar-refractivity contribution is 7.94. The first-order valence-corrected chi connectivity index (χ1v) is 12.8. The van der Waals surface area contributed by atoms with E-state index in [1.807, 2.05) is 6.92 Å². The van der Waals surface area contributed by atoms with E-state index >= 15 is 0 Å². The second kappa shape index (κ2) is 8.80. The van der Waals surface area contributed by atoms with E-state index in [-0.39, 0.29) is 21.3 Å². The van der Waals surface area contributed by atoms with Crippen molar-refractivity contribution in [3.63, 3.8) is 0 Å². The van der Waals surface area contributed by atoms with Crippen molar-refractivity contribution < 1.29 is 13.2 Å². The van der Waals surface area contributed by atoms with Gasteiger partial charge in [0.2, 0.25) is 5.88 Å². The van der Waals surface area contributed by atoms with Crippen molar-refractivity contribution in [3.05, 3.63) is 81.6 Å². The zero-order chi connectivity index (χ0) is 24.7. The van der Waals surface area contributed by atoms with Crippen LogP contribution in [0.2, 0.25) is 4.34 Å². The van der Waals surface area contributed by atoms with E-state index in [0.717, 1.165) is 17.0 Å². The zero-order valence-corrected chi connectivity index (χ0v) is 20.7. The van der Waals surface area contributed by atoms with Crippen molar-refractivity contribution in [2.24, 2.45) is 0 Å². The average Bonchev–Trinajstić information content (AvgIpc) is 3.47. The highest BCUT2D eigenvalue weighted by Gasteiger charge is 2.20. The van der Waals surface area contributed by atoms with Crippen molar-refractivity contribution in [2.45, 2.75) is 11.1 Å². The van der Waals surface area contributed by atoms with Crippen molar-refractivity contribution in [2.75, 3.05) is 11.8 Å². The van der Waals surface area contributed by atoms with Crippen LogP contribution in [0.25, 0.3) is 22.5 Å². The predicted octanol–water partition coefficient (Wildman–Crippen LogP) is 3.77. The first-order valence-electron chi connectivity index (χ1n) is 10.1. The average molecular weight is 529 g/mol. The van der Waals surface area contributed by atoms with Gasteiger partial charge in [-0.05, 0) is 43.3 Å². The number of fused-ring (bicyclic) bond motifs is 1. The Hall–Kier alpha value is -3.74. The molecule has 13 heteroatoms. The number of methoxy groups -OCH3 is 1. The summed E-state index contributed by atoms with van der Waals surface area (Å²) in [6, 6.07) is 9.75. The van der Waals surface area contributed by atoms with E-state index in [1.165, 1.54) is 40.7 Å². The molecule has 0 amide bonds. The van der Waals surface area contributed by atoms with E-state index in [0.29, 0.717) is 26.8 Å². The number of aromatic nitrogens is 5. The molecule has 0 aliphatic rings. The van der Waals surface area contributed by atoms with Gasteiger partial charge in [0.05, 0.1) is 23.3 Å². The number of thiophene rings is 1. The van der Waals surface area contributed by atoms with Crippen molar-refractivity contribution in [3.8, 4) is 22.7 Å². The fourth-order valence-electron chi connectivity index (χ4n) is 3.43. The predicted molar refractivity (Wildman–Crippen MR) is 133 cm³/mol. The molecule has 0 unspecified atom stereocenters. The molecule has 0 aromatic carbocycles. The van der Waals surface area contributed by atoms with Crippen molar-refractivity contribution in [1.82, 2.24) is 24.1 Å². The monoisotopic (exact) mass is 528 g/mol. The summed E-state index contributed by atoms with van der Waals surface area (Å²) in [7, 11) is -2.52. The molecular weight excluding hydrogens is 512 g/mol. The minimum absolute atomic E-state index is 0.0553. The molecule has 5 rings (SSSR count). The number of aryl methyl sites for hydroxylation is 1. The van der Waals surface area contributed by atoms with E-state index in [2.05, 4.69) is 19.8 Å². The van der Waals surface area contributed by atoms with Crippen LogP contribution in [0.5, 0.6) is 5.88 Å². The Bertz CT molecular complexity index is 1740. The zero-order valence-electron chi connectivity index (χ0n) is 18.3. The summed E-state index contributed by atoms with van der Waals surface area (Å²) in [5, 5.41) is 4.29. The van der Waals surface area contributed by atoms with Crippen LogP contribution >= 0.6 is 22.9 Å². The van der Waals surface area contributed by atoms with Gasteiger partial charge >= 0.3 is 0 Å². The number of pyridine rings is 2. The van der Waals surface area contributed by atoms with Gasteiger partial charge in [-0.25, -0.2) is 23.1 Å². The lowest BCUT2D eigenvalue weighted by Gasteiger charge is -2.12. The molecule has 5 heterocycles. The standard InChI is InChI=1S/C22H17ClN6O4S2/c1-13-7-8-29(26-13)17-11-24-19-5-3-14(12-28(19)22(17)30)15-9-16(21(33-2)25-10-15)27-35(31,32)20-6-4-18(23)34-20/h3-12,27H,1-2H3. The Morgan fingerprint density at radius 2 is 1.91 bits per heavy atom. The summed E-state index contributed by atoms with van der Waals surface area (Å²) >= 11 is 6.83. The number of nitrogens with zero attached hydrogens (tertiary/aromatic N) is 5. The Morgan fingerprint density at radius 1 is 1.09 bits per heavy atom. The second-order valence-corrected chi connectivity index (χ2v) is 11.1. The first-order chi connectivity index (χ1) is 16.7. The van der Waals surface area contributed by atoms with Crippen LogP contribution in [0.3, 0.4) is 0 Å². The first kappa shape index (κ1) is 23.0. The van der Waals surface area contributed by atoms with Crippen LogP contribution in [0.4, 0.5) is 5.69 Å². The number of ether oxygens (including phenoxy) is 1. The highest BCUT2D eigenvalue weighted by Crippen LogP contribution is 2.32. The molecule has 5 aromatic heterocycles. The summed E-state index contributed by atoms with van der Waals surface area (Å²) in [5.74, 6) is 0.0935. The molecule has 10 nitrogen and oxygen atoms in total. The van der Waals surface area contributed by atoms with Crippen LogP contribution in [0.15, 0.2) is 70.2 Å². The van der Waals surface area contributed by atoms with E-state index in [1.54, 1.807) is 36.7 Å². The van der Waals surface area contributed by atoms with Crippen LogP contribution in [0.1, 0.15) is 5.69 Å². The molecule has 0 radical (unpaired) electrons. The van der Waals surface area contributed by atoms with E-state index in [9.17, 15) is 13.2 Å². The van der Waals surface area contributed by atoms with Gasteiger partial charge in [-0.3, -0.25) is 13.9 Å². The normalized spacial score (nSPS) is 11.6. The fraction of sp³-hybridized carbons (Fsp3) is 0.0909. The Kier molecular flexibility index (Phi) is 5.79. The van der Waals surface area contributed by atoms with Gasteiger partial charge in [-0.1, -0.05) is 11.6 Å². The maximum Gasteiger partial charge on any atom is 0.283 e. The van der Waals surface area contributed by atoms with Crippen LogP contribution < -0.4 is 15.0 Å². The number of hydrogen-bond acceptors (Lipinski definition) is 8. The number of halogens is 1. The van der Waals surface area contributed by atoms with Gasteiger partial charge in [-0.15, -0.1) is 11.3 Å². The van der Waals surface area contributed by atoms with Gasteiger partial charge in [0.15, 0.2) is 0 Å². The van der Waals surface area contributed by atoms with Crippen LogP contribution in [-0.4, -0.2) is 39.7 Å². The topological polar surface area (TPSA) is 120 Å². The van der Waals surface area contributed by atoms with Gasteiger partial charge in [0.1, 0.15) is 21.2 Å². The van der Waals surface area contributed by atoms with Gasteiger partial charge < -0.3 is 4.74 Å². The third-order valence-electron chi connectivity index (χ3n) is 5.09. The number of hydrogen-bond donors (Lipinski definition) is 1. The maximum absolute atomic E-state index is 13.2. The quantitative estimate of drug-likeness (QED) is 0.356. The molecule has 0 saturated carbocycles. The third kappa shape index (κ3) is 4.38. The van der Waals surface area contributed by atoms with Crippen LogP contribution in [-0.2, 0) is 10.0 Å². The van der Waals surface area contributed by atoms with Crippen molar-refractivity contribution >= 4 is 44.3 Å². The number of anilines is 1. The smallest absolute Gasteiger partial charge is 0.283 e. The molecule has 0 atom stereocenters. The fourth-order valence-corrected chi connectivity index (χ4v) is 5.96. The Balaban J connectivity index is 1.57. The summed E-state index contributed by atoms with van der Waals surface area (Å²) in [6.45, 7) is 1.83. The molecule has 0 saturated heterocycles. The number of sulfonamides is 1. The highest BCUT2D eigenvalue weighted by atomic mass is 35.5. The van der Waals surface area contributed by atoms with Crippen LogP contribution in [0, 0.1) is 6.92 Å². The minimum Gasteiger partial charge on any atom is -0.480 e. The number of rotatable bonds is 6. The lowest BCUT2D eigenvalue weighted by Crippen LogP contribution is -2.21. The molecule has 5 aromatic rings. The molecule has 178 valence electrons. The molecule has 1 N–H and O–H groups in total. The molecule has 0 spiro atoms. The largest absolute Gasteiger partial charge is 0.480 e. The SMILES string of the molecule is COc1ncc(-c2ccc3ncc(-n4ccc(C)n4)c(=O)n3c2)cc1NS(=O)(=O)c1ccc(Cl)s1. The third-order valence-corrected chi connectivity index (χ3v) is 8.18. The molecular formula is C22H17ClN6O4S2. The van der Waals surface area contributed by atoms with Gasteiger partial charge in [0.25, 0.3) is 15.6 Å². The lowest BCUT2D eigenvalue weighted by atomic mass is 10.1. The Labute approximate surface area is 208 Å².